The number of aromatic nitrogens is 4. The maximum atomic E-state index is 5.90. The summed E-state index contributed by atoms with van der Waals surface area (Å²) in [6.07, 6.45) is 3.69. The van der Waals surface area contributed by atoms with Gasteiger partial charge in [-0.25, -0.2) is 19.9 Å². The average Bonchev–Trinajstić information content (AvgIpc) is 4.17. The number of furan rings is 2. The highest BCUT2D eigenvalue weighted by Crippen LogP contribution is 2.57. The van der Waals surface area contributed by atoms with E-state index in [-0.39, 0.29) is 11.8 Å². The zero-order valence-electron chi connectivity index (χ0n) is 39.9. The SMILES string of the molecule is c1ccc(-c2cc(-c3ccc(-c4coc5ccccc45)cc3)nc(-c3ccc4c(c3)C3c5ccccc5[C@H]4c4cc(-c5nc(-c6ccccc6)cc(-c6ccc(-c7coc8ccccc78)cc6)n5)ccc43)n2)cc1. The molecule has 0 N–H and O–H groups in total. The fraction of sp³-hybridized carbons (Fsp3) is 0.0294. The molecule has 3 aliphatic carbocycles. The first-order valence-corrected chi connectivity index (χ1v) is 25.1. The average molecular weight is 947 g/mol. The Morgan fingerprint density at radius 2 is 0.581 bits per heavy atom. The Kier molecular flexibility index (Phi) is 9.60. The second kappa shape index (κ2) is 16.9. The van der Waals surface area contributed by atoms with Crippen molar-refractivity contribution < 1.29 is 8.83 Å². The predicted molar refractivity (Wildman–Crippen MR) is 295 cm³/mol. The number of benzene rings is 9. The van der Waals surface area contributed by atoms with E-state index in [2.05, 4.69) is 182 Å². The third-order valence-electron chi connectivity index (χ3n) is 15.1. The van der Waals surface area contributed by atoms with Crippen LogP contribution in [-0.2, 0) is 0 Å². The Morgan fingerprint density at radius 3 is 1.00 bits per heavy atom. The molecule has 4 heterocycles. The van der Waals surface area contributed by atoms with Crippen LogP contribution in [0.25, 0.3) is 112 Å². The van der Waals surface area contributed by atoms with E-state index >= 15 is 0 Å². The molecule has 3 aliphatic rings. The lowest BCUT2D eigenvalue weighted by Gasteiger charge is -2.42. The molecular weight excluding hydrogens is 905 g/mol. The number of fused-ring (bicyclic) bond motifs is 2. The minimum atomic E-state index is 0.0246. The van der Waals surface area contributed by atoms with Crippen molar-refractivity contribution in [3.05, 3.63) is 276 Å². The van der Waals surface area contributed by atoms with E-state index in [0.717, 1.165) is 100 Å². The van der Waals surface area contributed by atoms with Gasteiger partial charge in [0.2, 0.25) is 0 Å². The minimum Gasteiger partial charge on any atom is -0.464 e. The maximum absolute atomic E-state index is 5.90. The molecule has 0 saturated heterocycles. The molecule has 16 rings (SSSR count). The van der Waals surface area contributed by atoms with E-state index in [1.54, 1.807) is 0 Å². The summed E-state index contributed by atoms with van der Waals surface area (Å²) < 4.78 is 11.8. The van der Waals surface area contributed by atoms with E-state index in [0.29, 0.717) is 11.6 Å². The summed E-state index contributed by atoms with van der Waals surface area (Å²) in [6, 6.07) is 81.2. The van der Waals surface area contributed by atoms with Crippen molar-refractivity contribution in [1.82, 2.24) is 19.9 Å². The summed E-state index contributed by atoms with van der Waals surface area (Å²) in [5, 5.41) is 2.19. The number of hydrogen-bond donors (Lipinski definition) is 0. The Morgan fingerprint density at radius 1 is 0.257 bits per heavy atom. The molecule has 13 aromatic rings. The topological polar surface area (TPSA) is 77.8 Å². The van der Waals surface area contributed by atoms with E-state index in [1.165, 1.54) is 33.4 Å². The minimum absolute atomic E-state index is 0.0246. The van der Waals surface area contributed by atoms with Crippen molar-refractivity contribution in [2.24, 2.45) is 0 Å². The summed E-state index contributed by atoms with van der Waals surface area (Å²) in [6.45, 7) is 0. The van der Waals surface area contributed by atoms with Gasteiger partial charge in [-0.1, -0.05) is 194 Å². The van der Waals surface area contributed by atoms with Gasteiger partial charge in [0.05, 0.1) is 35.3 Å². The molecule has 1 unspecified atom stereocenters. The van der Waals surface area contributed by atoms with Gasteiger partial charge in [0.1, 0.15) is 11.2 Å². The normalized spacial score (nSPS) is 14.2. The molecule has 9 aromatic carbocycles. The van der Waals surface area contributed by atoms with Gasteiger partial charge in [0, 0.05) is 67.1 Å². The summed E-state index contributed by atoms with van der Waals surface area (Å²) in [5.74, 6) is 1.43. The van der Waals surface area contributed by atoms with Crippen LogP contribution in [0, 0.1) is 0 Å². The molecule has 0 amide bonds. The standard InChI is InChI=1S/C68H42N4O2/c1-3-13-43(14-4-1)59-37-61(45-27-23-41(24-28-45)57-39-73-63-21-11-9-17-49(57)63)71-67(69-59)47-31-33-53-55(35-47)65-51-19-7-8-20-52(51)66(53)56-36-48(32-34-54(56)65)68-70-60(44-15-5-2-6-16-44)38-62(72-68)46-29-25-42(26-30-46)58-40-74-64-22-12-10-18-50(58)64/h1-40,65-66H/t65-,66?/m1/s1. The molecule has 2 bridgehead atoms. The van der Waals surface area contributed by atoms with Crippen LogP contribution in [0.5, 0.6) is 0 Å². The van der Waals surface area contributed by atoms with Gasteiger partial charge in [0.15, 0.2) is 11.6 Å². The van der Waals surface area contributed by atoms with Crippen LogP contribution in [0.3, 0.4) is 0 Å². The lowest BCUT2D eigenvalue weighted by Crippen LogP contribution is -2.27. The maximum Gasteiger partial charge on any atom is 0.160 e. The monoisotopic (exact) mass is 946 g/mol. The summed E-state index contributed by atoms with van der Waals surface area (Å²) >= 11 is 0. The van der Waals surface area contributed by atoms with Gasteiger partial charge < -0.3 is 8.83 Å². The summed E-state index contributed by atoms with van der Waals surface area (Å²) in [7, 11) is 0. The molecule has 0 radical (unpaired) electrons. The van der Waals surface area contributed by atoms with Crippen LogP contribution in [0.2, 0.25) is 0 Å². The number of nitrogens with zero attached hydrogens (tertiary/aromatic N) is 4. The Balaban J connectivity index is 0.812. The fourth-order valence-corrected chi connectivity index (χ4v) is 11.5. The van der Waals surface area contributed by atoms with Gasteiger partial charge in [0.25, 0.3) is 0 Å². The molecule has 74 heavy (non-hydrogen) atoms. The van der Waals surface area contributed by atoms with E-state index in [4.69, 9.17) is 28.8 Å². The smallest absolute Gasteiger partial charge is 0.160 e. The Labute approximate surface area is 427 Å². The third kappa shape index (κ3) is 6.95. The van der Waals surface area contributed by atoms with Gasteiger partial charge in [-0.3, -0.25) is 0 Å². The molecule has 4 aromatic heterocycles. The van der Waals surface area contributed by atoms with Crippen LogP contribution in [-0.4, -0.2) is 19.9 Å². The lowest BCUT2D eigenvalue weighted by molar-refractivity contribution is 0.616. The van der Waals surface area contributed by atoms with Crippen LogP contribution in [0.1, 0.15) is 45.2 Å². The number of para-hydroxylation sites is 2. The van der Waals surface area contributed by atoms with Crippen molar-refractivity contribution in [1.29, 1.82) is 0 Å². The molecule has 2 atom stereocenters. The first kappa shape index (κ1) is 42.0. The quantitative estimate of drug-likeness (QED) is 0.151. The summed E-state index contributed by atoms with van der Waals surface area (Å²) in [4.78, 5) is 21.2. The molecule has 0 spiro atoms. The molecule has 6 nitrogen and oxygen atoms in total. The molecule has 0 saturated carbocycles. The van der Waals surface area contributed by atoms with E-state index in [1.807, 2.05) is 61.1 Å². The van der Waals surface area contributed by atoms with Crippen molar-refractivity contribution in [3.63, 3.8) is 0 Å². The Hall–Kier alpha value is -9.78. The zero-order chi connectivity index (χ0) is 48.7. The highest BCUT2D eigenvalue weighted by Gasteiger charge is 2.41. The highest BCUT2D eigenvalue weighted by atomic mass is 16.3. The lowest BCUT2D eigenvalue weighted by atomic mass is 9.61. The van der Waals surface area contributed by atoms with E-state index < -0.39 is 0 Å². The van der Waals surface area contributed by atoms with Crippen LogP contribution in [0.15, 0.2) is 252 Å². The molecule has 0 aliphatic heterocycles. The van der Waals surface area contributed by atoms with Crippen molar-refractivity contribution in [3.8, 4) is 90.1 Å². The van der Waals surface area contributed by atoms with Gasteiger partial charge in [-0.15, -0.1) is 0 Å². The number of hydrogen-bond acceptors (Lipinski definition) is 6. The Bertz CT molecular complexity index is 4030. The zero-order valence-corrected chi connectivity index (χ0v) is 39.9. The molecule has 6 heteroatoms. The van der Waals surface area contributed by atoms with Crippen LogP contribution >= 0.6 is 0 Å². The van der Waals surface area contributed by atoms with E-state index in [9.17, 15) is 0 Å². The second-order valence-corrected chi connectivity index (χ2v) is 19.3. The second-order valence-electron chi connectivity index (χ2n) is 19.3. The third-order valence-corrected chi connectivity index (χ3v) is 15.1. The molecule has 0 fully saturated rings. The first-order valence-electron chi connectivity index (χ1n) is 25.1. The fourth-order valence-electron chi connectivity index (χ4n) is 11.5. The van der Waals surface area contributed by atoms with Crippen molar-refractivity contribution >= 4 is 21.9 Å². The largest absolute Gasteiger partial charge is 0.464 e. The van der Waals surface area contributed by atoms with Crippen molar-refractivity contribution in [2.45, 2.75) is 11.8 Å². The van der Waals surface area contributed by atoms with Gasteiger partial charge in [-0.2, -0.15) is 0 Å². The van der Waals surface area contributed by atoms with Crippen LogP contribution < -0.4 is 0 Å². The molecule has 346 valence electrons. The first-order chi connectivity index (χ1) is 36.6. The number of rotatable bonds is 8. The molecular formula is C68H42N4O2. The summed E-state index contributed by atoms with van der Waals surface area (Å²) in [5.41, 5.74) is 23.5. The van der Waals surface area contributed by atoms with Crippen LogP contribution in [0.4, 0.5) is 0 Å². The predicted octanol–water partition coefficient (Wildman–Crippen LogP) is 17.1. The highest BCUT2D eigenvalue weighted by molar-refractivity contribution is 5.95. The van der Waals surface area contributed by atoms with Crippen molar-refractivity contribution in [2.75, 3.05) is 0 Å². The van der Waals surface area contributed by atoms with Gasteiger partial charge >= 0.3 is 0 Å². The van der Waals surface area contributed by atoms with Gasteiger partial charge in [-0.05, 0) is 80.9 Å².